The Morgan fingerprint density at radius 1 is 0.960 bits per heavy atom. The lowest BCUT2D eigenvalue weighted by molar-refractivity contribution is -0.427. The van der Waals surface area contributed by atoms with Crippen LogP contribution in [0.3, 0.4) is 0 Å². The predicted octanol–water partition coefficient (Wildman–Crippen LogP) is 5.82. The summed E-state index contributed by atoms with van der Waals surface area (Å²) >= 11 is 0. The van der Waals surface area contributed by atoms with Crippen LogP contribution in [-0.2, 0) is 4.79 Å². The van der Waals surface area contributed by atoms with E-state index in [4.69, 9.17) is 5.11 Å². The number of aliphatic carboxylic acids is 1. The van der Waals surface area contributed by atoms with Gasteiger partial charge in [0.1, 0.15) is 0 Å². The van der Waals surface area contributed by atoms with Crippen LogP contribution in [0.4, 0.5) is 0 Å². The van der Waals surface area contributed by atoms with E-state index in [0.717, 1.165) is 12.8 Å². The van der Waals surface area contributed by atoms with Crippen molar-refractivity contribution in [3.8, 4) is 0 Å². The maximum atomic E-state index is 11.0. The minimum Gasteiger partial charge on any atom is -0.481 e. The summed E-state index contributed by atoms with van der Waals surface area (Å²) in [6.45, 7) is 2.18. The molecule has 5 nitrogen and oxygen atoms in total. The second-order valence-electron chi connectivity index (χ2n) is 5.82. The van der Waals surface area contributed by atoms with E-state index in [9.17, 15) is 14.9 Å². The maximum Gasteiger partial charge on any atom is 0.303 e. The van der Waals surface area contributed by atoms with E-state index in [2.05, 4.69) is 19.1 Å². The Morgan fingerprint density at radius 3 is 2.24 bits per heavy atom. The van der Waals surface area contributed by atoms with Gasteiger partial charge >= 0.3 is 5.97 Å². The molecule has 0 aliphatic heterocycles. The lowest BCUT2D eigenvalue weighted by Crippen LogP contribution is -1.97. The van der Waals surface area contributed by atoms with Gasteiger partial charge in [0.25, 0.3) is 0 Å². The number of hydrogen-bond donors (Lipinski definition) is 1. The summed E-state index contributed by atoms with van der Waals surface area (Å²) < 4.78 is 0. The van der Waals surface area contributed by atoms with Crippen molar-refractivity contribution in [1.29, 1.82) is 0 Å². The van der Waals surface area contributed by atoms with Gasteiger partial charge in [-0.3, -0.25) is 14.9 Å². The third kappa shape index (κ3) is 16.5. The van der Waals surface area contributed by atoms with Crippen LogP contribution >= 0.6 is 0 Å². The lowest BCUT2D eigenvalue weighted by Gasteiger charge is -1.94. The molecule has 0 aromatic heterocycles. The Kier molecular flexibility index (Phi) is 15.2. The molecule has 0 aromatic carbocycles. The molecule has 0 saturated carbocycles. The standard InChI is InChI=1S/C20H31NO4/c1-2-3-4-5-6-7-8-10-13-16-19(21(24)25)17-14-11-9-12-15-18-20(22)23/h6-7,9-11,13,17H,2-5,8,12,14-16,18H2,1H3,(H,22,23)/b7-6-,11-9-,13-10-,19-17+. The van der Waals surface area contributed by atoms with Crippen LogP contribution in [0.15, 0.2) is 48.2 Å². The van der Waals surface area contributed by atoms with E-state index in [1.165, 1.54) is 19.3 Å². The fourth-order valence-electron chi connectivity index (χ4n) is 2.13. The summed E-state index contributed by atoms with van der Waals surface area (Å²) in [5, 5.41) is 19.5. The quantitative estimate of drug-likeness (QED) is 0.175. The third-order valence-corrected chi connectivity index (χ3v) is 3.56. The predicted molar refractivity (Wildman–Crippen MR) is 102 cm³/mol. The summed E-state index contributed by atoms with van der Waals surface area (Å²) in [4.78, 5) is 21.0. The van der Waals surface area contributed by atoms with E-state index in [1.54, 1.807) is 6.08 Å². The van der Waals surface area contributed by atoms with Crippen LogP contribution < -0.4 is 0 Å². The van der Waals surface area contributed by atoms with Crippen LogP contribution in [0.25, 0.3) is 0 Å². The zero-order valence-electron chi connectivity index (χ0n) is 15.2. The molecule has 0 heterocycles. The molecule has 0 aliphatic carbocycles. The first-order valence-corrected chi connectivity index (χ1v) is 9.08. The van der Waals surface area contributed by atoms with Crippen molar-refractivity contribution in [2.45, 2.75) is 71.1 Å². The number of hydrogen-bond acceptors (Lipinski definition) is 3. The SMILES string of the molecule is CCCCC/C=C\C/C=C\C/C(=C\C/C=C\CCCC(=O)O)[N+](=O)[O-]. The molecule has 0 unspecified atom stereocenters. The largest absolute Gasteiger partial charge is 0.481 e. The number of nitro groups is 1. The van der Waals surface area contributed by atoms with Gasteiger partial charge < -0.3 is 5.11 Å². The second-order valence-corrected chi connectivity index (χ2v) is 5.82. The fourth-order valence-corrected chi connectivity index (χ4v) is 2.13. The molecular formula is C20H31NO4. The molecule has 0 rings (SSSR count). The minimum atomic E-state index is -0.800. The zero-order chi connectivity index (χ0) is 18.8. The maximum absolute atomic E-state index is 11.0. The monoisotopic (exact) mass is 349 g/mol. The highest BCUT2D eigenvalue weighted by atomic mass is 16.6. The third-order valence-electron chi connectivity index (χ3n) is 3.56. The van der Waals surface area contributed by atoms with Crippen molar-refractivity contribution in [2.24, 2.45) is 0 Å². The first kappa shape index (κ1) is 22.8. The van der Waals surface area contributed by atoms with Gasteiger partial charge in [0.15, 0.2) is 0 Å². The van der Waals surface area contributed by atoms with Crippen LogP contribution in [-0.4, -0.2) is 16.0 Å². The summed E-state index contributed by atoms with van der Waals surface area (Å²) in [7, 11) is 0. The van der Waals surface area contributed by atoms with Crippen molar-refractivity contribution < 1.29 is 14.8 Å². The topological polar surface area (TPSA) is 80.4 Å². The molecule has 0 aromatic rings. The molecule has 0 fully saturated rings. The highest BCUT2D eigenvalue weighted by Crippen LogP contribution is 2.07. The molecule has 0 aliphatic rings. The summed E-state index contributed by atoms with van der Waals surface area (Å²) in [5.41, 5.74) is 0.193. The molecule has 5 heteroatoms. The van der Waals surface area contributed by atoms with E-state index in [1.807, 2.05) is 24.3 Å². The number of unbranched alkanes of at least 4 members (excludes halogenated alkanes) is 4. The highest BCUT2D eigenvalue weighted by Gasteiger charge is 2.06. The Hall–Kier alpha value is -2.17. The van der Waals surface area contributed by atoms with Crippen molar-refractivity contribution in [2.75, 3.05) is 0 Å². The molecule has 25 heavy (non-hydrogen) atoms. The molecule has 0 spiro atoms. The van der Waals surface area contributed by atoms with Gasteiger partial charge in [-0.15, -0.1) is 0 Å². The van der Waals surface area contributed by atoms with E-state index in [-0.39, 0.29) is 17.0 Å². The van der Waals surface area contributed by atoms with Gasteiger partial charge in [0.05, 0.1) is 11.3 Å². The Morgan fingerprint density at radius 2 is 1.60 bits per heavy atom. The summed E-state index contributed by atoms with van der Waals surface area (Å²) in [6, 6.07) is 0. The molecule has 140 valence electrons. The van der Waals surface area contributed by atoms with Crippen LogP contribution in [0.2, 0.25) is 0 Å². The zero-order valence-corrected chi connectivity index (χ0v) is 15.2. The van der Waals surface area contributed by atoms with Crippen molar-refractivity contribution in [3.63, 3.8) is 0 Å². The van der Waals surface area contributed by atoms with Gasteiger partial charge in [0.2, 0.25) is 5.70 Å². The van der Waals surface area contributed by atoms with Crippen molar-refractivity contribution in [1.82, 2.24) is 0 Å². The van der Waals surface area contributed by atoms with E-state index < -0.39 is 5.97 Å². The van der Waals surface area contributed by atoms with Crippen LogP contribution in [0, 0.1) is 10.1 Å². The van der Waals surface area contributed by atoms with Crippen molar-refractivity contribution in [3.05, 3.63) is 58.3 Å². The van der Waals surface area contributed by atoms with Crippen LogP contribution in [0.5, 0.6) is 0 Å². The smallest absolute Gasteiger partial charge is 0.303 e. The Bertz CT molecular complexity index is 490. The minimum absolute atomic E-state index is 0.151. The second kappa shape index (κ2) is 16.7. The van der Waals surface area contributed by atoms with Crippen molar-refractivity contribution >= 4 is 5.97 Å². The average molecular weight is 349 g/mol. The van der Waals surface area contributed by atoms with Gasteiger partial charge in [-0.1, -0.05) is 56.2 Å². The first-order chi connectivity index (χ1) is 12.1. The van der Waals surface area contributed by atoms with Gasteiger partial charge in [0, 0.05) is 6.42 Å². The summed E-state index contributed by atoms with van der Waals surface area (Å²) in [6.07, 6.45) is 21.2. The number of carboxylic acid groups (broad SMARTS) is 1. The number of carbonyl (C=O) groups is 1. The molecule has 0 amide bonds. The Labute approximate surface area is 151 Å². The molecular weight excluding hydrogens is 318 g/mol. The number of carboxylic acids is 1. The highest BCUT2D eigenvalue weighted by molar-refractivity contribution is 5.66. The normalized spacial score (nSPS) is 12.6. The number of allylic oxidation sites excluding steroid dienone is 7. The van der Waals surface area contributed by atoms with E-state index in [0.29, 0.717) is 25.7 Å². The van der Waals surface area contributed by atoms with Gasteiger partial charge in [-0.05, 0) is 44.6 Å². The van der Waals surface area contributed by atoms with Gasteiger partial charge in [-0.25, -0.2) is 0 Å². The Balaban J connectivity index is 4.03. The molecule has 0 saturated heterocycles. The average Bonchev–Trinajstić information content (AvgIpc) is 2.57. The molecule has 0 bridgehead atoms. The molecule has 0 radical (unpaired) electrons. The van der Waals surface area contributed by atoms with Gasteiger partial charge in [-0.2, -0.15) is 0 Å². The van der Waals surface area contributed by atoms with E-state index >= 15 is 0 Å². The number of nitrogens with zero attached hydrogens (tertiary/aromatic N) is 1. The lowest BCUT2D eigenvalue weighted by atomic mass is 10.2. The first-order valence-electron chi connectivity index (χ1n) is 9.08. The summed E-state index contributed by atoms with van der Waals surface area (Å²) in [5.74, 6) is -0.800. The molecule has 1 N–H and O–H groups in total. The number of rotatable bonds is 15. The molecule has 0 atom stereocenters. The van der Waals surface area contributed by atoms with Crippen LogP contribution in [0.1, 0.15) is 71.1 Å². The fraction of sp³-hybridized carbons (Fsp3) is 0.550.